The van der Waals surface area contributed by atoms with Crippen LogP contribution in [0, 0.1) is 0 Å². The third-order valence-corrected chi connectivity index (χ3v) is 4.67. The molecule has 2 heterocycles. The van der Waals surface area contributed by atoms with Gasteiger partial charge in [-0.3, -0.25) is 5.32 Å². The van der Waals surface area contributed by atoms with Crippen LogP contribution < -0.4 is 5.32 Å². The molecule has 5 nitrogen and oxygen atoms in total. The molecule has 2 unspecified atom stereocenters. The first-order valence-electron chi connectivity index (χ1n) is 6.39. The van der Waals surface area contributed by atoms with Gasteiger partial charge < -0.3 is 4.90 Å². The number of amides is 2. The van der Waals surface area contributed by atoms with Gasteiger partial charge in [0.15, 0.2) is 11.5 Å². The lowest BCUT2D eigenvalue weighted by Gasteiger charge is -2.37. The molecule has 0 saturated carbocycles. The lowest BCUT2D eigenvalue weighted by atomic mass is 10.2. The number of rotatable bonds is 1. The van der Waals surface area contributed by atoms with E-state index < -0.39 is 11.9 Å². The number of urea groups is 1. The smallest absolute Gasteiger partial charge is 0.320 e. The molecule has 0 radical (unpaired) electrons. The van der Waals surface area contributed by atoms with E-state index >= 15 is 0 Å². The van der Waals surface area contributed by atoms with Gasteiger partial charge in [0.05, 0.1) is 0 Å². The number of carbonyl (C=O) groups excluding carboxylic acids is 1. The largest absolute Gasteiger partial charge is 0.435 e. The van der Waals surface area contributed by atoms with Gasteiger partial charge in [0, 0.05) is 23.6 Å². The number of nitrogens with zero attached hydrogens (tertiary/aromatic N) is 3. The molecule has 2 atom stereocenters. The Bertz CT molecular complexity index is 508. The van der Waals surface area contributed by atoms with Gasteiger partial charge in [-0.15, -0.1) is 10.2 Å². The van der Waals surface area contributed by atoms with Crippen molar-refractivity contribution in [1.29, 1.82) is 0 Å². The molecule has 1 aromatic heterocycles. The van der Waals surface area contributed by atoms with Crippen LogP contribution in [0.4, 0.5) is 23.8 Å². The molecule has 1 aliphatic rings. The summed E-state index contributed by atoms with van der Waals surface area (Å²) >= 11 is 1.78. The van der Waals surface area contributed by atoms with Crippen LogP contribution in [-0.4, -0.2) is 44.7 Å². The maximum Gasteiger partial charge on any atom is 0.435 e. The summed E-state index contributed by atoms with van der Waals surface area (Å²) in [7, 11) is 0. The number of alkyl halides is 3. The molecule has 1 aliphatic heterocycles. The first-order valence-corrected chi connectivity index (χ1v) is 7.44. The zero-order valence-corrected chi connectivity index (χ0v) is 12.3. The van der Waals surface area contributed by atoms with Crippen molar-refractivity contribution in [3.8, 4) is 0 Å². The maximum absolute atomic E-state index is 12.4. The Labute approximate surface area is 124 Å². The van der Waals surface area contributed by atoms with E-state index in [0.29, 0.717) is 11.8 Å². The number of carbonyl (C=O) groups is 1. The van der Waals surface area contributed by atoms with E-state index in [4.69, 9.17) is 0 Å². The minimum absolute atomic E-state index is 0.00563. The number of aromatic nitrogens is 2. The van der Waals surface area contributed by atoms with Gasteiger partial charge in [-0.2, -0.15) is 24.9 Å². The van der Waals surface area contributed by atoms with Crippen molar-refractivity contribution in [3.63, 3.8) is 0 Å². The van der Waals surface area contributed by atoms with E-state index in [0.717, 1.165) is 17.9 Å². The van der Waals surface area contributed by atoms with E-state index in [1.807, 2.05) is 13.8 Å². The summed E-state index contributed by atoms with van der Waals surface area (Å²) in [6, 6.07) is 1.57. The summed E-state index contributed by atoms with van der Waals surface area (Å²) in [6.07, 6.45) is -4.54. The second kappa shape index (κ2) is 6.08. The van der Waals surface area contributed by atoms with Crippen molar-refractivity contribution < 1.29 is 18.0 Å². The number of anilines is 1. The van der Waals surface area contributed by atoms with Crippen LogP contribution in [0.25, 0.3) is 0 Å². The molecule has 0 bridgehead atoms. The predicted molar refractivity (Wildman–Crippen MR) is 74.1 cm³/mol. The van der Waals surface area contributed by atoms with Crippen LogP contribution in [0.15, 0.2) is 12.1 Å². The number of hydrogen-bond acceptors (Lipinski definition) is 4. The quantitative estimate of drug-likeness (QED) is 0.864. The van der Waals surface area contributed by atoms with Gasteiger partial charge in [-0.1, -0.05) is 6.92 Å². The third kappa shape index (κ3) is 3.78. The fraction of sp³-hybridized carbons (Fsp3) is 0.583. The Kier molecular flexibility index (Phi) is 4.60. The van der Waals surface area contributed by atoms with Gasteiger partial charge >= 0.3 is 12.2 Å². The van der Waals surface area contributed by atoms with Crippen LogP contribution in [0.3, 0.4) is 0 Å². The van der Waals surface area contributed by atoms with Crippen molar-refractivity contribution in [3.05, 3.63) is 17.8 Å². The van der Waals surface area contributed by atoms with Crippen LogP contribution >= 0.6 is 11.8 Å². The molecular weight excluding hydrogens is 305 g/mol. The molecule has 9 heteroatoms. The van der Waals surface area contributed by atoms with Crippen LogP contribution in [-0.2, 0) is 6.18 Å². The number of thioether (sulfide) groups is 1. The Balaban J connectivity index is 2.02. The highest BCUT2D eigenvalue weighted by molar-refractivity contribution is 8.00. The summed E-state index contributed by atoms with van der Waals surface area (Å²) in [6.45, 7) is 4.57. The van der Waals surface area contributed by atoms with Crippen LogP contribution in [0.1, 0.15) is 19.5 Å². The second-order valence-electron chi connectivity index (χ2n) is 4.74. The standard InChI is InChI=1S/C12H15F3N4OS/c1-7-8(2)21-6-5-19(7)11(20)16-10-4-3-9(17-18-10)12(13,14)15/h3-4,7-8H,5-6H2,1-2H3,(H,16,18,20). The fourth-order valence-corrected chi connectivity index (χ4v) is 3.05. The van der Waals surface area contributed by atoms with E-state index in [2.05, 4.69) is 15.5 Å². The summed E-state index contributed by atoms with van der Waals surface area (Å²) in [5.41, 5.74) is -1.09. The molecule has 2 rings (SSSR count). The molecule has 1 fully saturated rings. The highest BCUT2D eigenvalue weighted by atomic mass is 32.2. The molecule has 0 spiro atoms. The number of halogens is 3. The summed E-state index contributed by atoms with van der Waals surface area (Å²) in [5.74, 6) is 0.837. The summed E-state index contributed by atoms with van der Waals surface area (Å²) < 4.78 is 37.1. The van der Waals surface area contributed by atoms with E-state index in [1.54, 1.807) is 16.7 Å². The third-order valence-electron chi connectivity index (χ3n) is 3.33. The summed E-state index contributed by atoms with van der Waals surface area (Å²) in [5, 5.41) is 9.25. The zero-order chi connectivity index (χ0) is 15.6. The Hall–Kier alpha value is -1.51. The molecule has 0 aliphatic carbocycles. The van der Waals surface area contributed by atoms with Crippen molar-refractivity contribution in [2.75, 3.05) is 17.6 Å². The average molecular weight is 320 g/mol. The van der Waals surface area contributed by atoms with Crippen molar-refractivity contribution in [2.24, 2.45) is 0 Å². The maximum atomic E-state index is 12.4. The predicted octanol–water partition coefficient (Wildman–Crippen LogP) is 2.85. The van der Waals surface area contributed by atoms with Crippen molar-refractivity contribution in [2.45, 2.75) is 31.3 Å². The van der Waals surface area contributed by atoms with Gasteiger partial charge in [0.1, 0.15) is 0 Å². The Morgan fingerprint density at radius 2 is 2.10 bits per heavy atom. The number of hydrogen-bond donors (Lipinski definition) is 1. The Morgan fingerprint density at radius 3 is 2.67 bits per heavy atom. The van der Waals surface area contributed by atoms with Gasteiger partial charge in [0.25, 0.3) is 0 Å². The van der Waals surface area contributed by atoms with Gasteiger partial charge in [-0.05, 0) is 19.1 Å². The lowest BCUT2D eigenvalue weighted by molar-refractivity contribution is -0.141. The van der Waals surface area contributed by atoms with E-state index in [-0.39, 0.29) is 17.9 Å². The first-order chi connectivity index (χ1) is 9.79. The van der Waals surface area contributed by atoms with Gasteiger partial charge in [-0.25, -0.2) is 4.79 Å². The molecule has 21 heavy (non-hydrogen) atoms. The van der Waals surface area contributed by atoms with E-state index in [1.165, 1.54) is 0 Å². The van der Waals surface area contributed by atoms with Crippen LogP contribution in [0.2, 0.25) is 0 Å². The Morgan fingerprint density at radius 1 is 1.38 bits per heavy atom. The first kappa shape index (κ1) is 15.9. The minimum Gasteiger partial charge on any atom is -0.320 e. The monoisotopic (exact) mass is 320 g/mol. The molecule has 1 aromatic rings. The second-order valence-corrected chi connectivity index (χ2v) is 6.23. The zero-order valence-electron chi connectivity index (χ0n) is 11.5. The van der Waals surface area contributed by atoms with Gasteiger partial charge in [0.2, 0.25) is 0 Å². The van der Waals surface area contributed by atoms with E-state index in [9.17, 15) is 18.0 Å². The van der Waals surface area contributed by atoms with Crippen molar-refractivity contribution in [1.82, 2.24) is 15.1 Å². The molecular formula is C12H15F3N4OS. The highest BCUT2D eigenvalue weighted by Gasteiger charge is 2.33. The number of nitrogens with one attached hydrogen (secondary N) is 1. The molecule has 116 valence electrons. The topological polar surface area (TPSA) is 58.1 Å². The molecule has 0 aromatic carbocycles. The molecule has 1 saturated heterocycles. The highest BCUT2D eigenvalue weighted by Crippen LogP contribution is 2.27. The molecule has 1 N–H and O–H groups in total. The lowest BCUT2D eigenvalue weighted by Crippen LogP contribution is -2.49. The van der Waals surface area contributed by atoms with Crippen molar-refractivity contribution >= 4 is 23.6 Å². The summed E-state index contributed by atoms with van der Waals surface area (Å²) in [4.78, 5) is 13.8. The van der Waals surface area contributed by atoms with Crippen LogP contribution in [0.5, 0.6) is 0 Å². The molecule has 2 amide bonds. The average Bonchev–Trinajstić information content (AvgIpc) is 2.41. The SMILES string of the molecule is CC1SCCN(C(=O)Nc2ccc(C(F)(F)F)nn2)C1C. The fourth-order valence-electron chi connectivity index (χ4n) is 1.95. The normalized spacial score (nSPS) is 23.0. The minimum atomic E-state index is -4.54.